The van der Waals surface area contributed by atoms with Crippen molar-refractivity contribution in [2.24, 2.45) is 0 Å². The summed E-state index contributed by atoms with van der Waals surface area (Å²) < 4.78 is 14.9. The maximum atomic E-state index is 13.2. The van der Waals surface area contributed by atoms with E-state index in [1.165, 1.54) is 12.1 Å². The first-order chi connectivity index (χ1) is 8.97. The van der Waals surface area contributed by atoms with Crippen LogP contribution in [0.15, 0.2) is 45.3 Å². The van der Waals surface area contributed by atoms with Gasteiger partial charge in [-0.2, -0.15) is 0 Å². The summed E-state index contributed by atoms with van der Waals surface area (Å²) in [5.41, 5.74) is 2.68. The maximum absolute atomic E-state index is 13.2. The van der Waals surface area contributed by atoms with E-state index in [1.807, 2.05) is 25.1 Å². The van der Waals surface area contributed by atoms with E-state index in [0.717, 1.165) is 25.6 Å². The molecule has 1 unspecified atom stereocenters. The lowest BCUT2D eigenvalue weighted by Gasteiger charge is -2.14. The number of aliphatic hydroxyl groups is 1. The summed E-state index contributed by atoms with van der Waals surface area (Å²) in [6, 6.07) is 10.3. The quantitative estimate of drug-likeness (QED) is 0.791. The normalized spacial score (nSPS) is 12.5. The van der Waals surface area contributed by atoms with E-state index < -0.39 is 6.10 Å². The largest absolute Gasteiger partial charge is 0.388 e. The molecule has 4 heteroatoms. The molecule has 0 heterocycles. The molecule has 0 aliphatic rings. The summed E-state index contributed by atoms with van der Waals surface area (Å²) in [6.07, 6.45) is -0.312. The first-order valence-electron chi connectivity index (χ1n) is 5.85. The van der Waals surface area contributed by atoms with Crippen LogP contribution in [-0.4, -0.2) is 5.11 Å². The lowest BCUT2D eigenvalue weighted by atomic mass is 10.0. The third-order valence-electron chi connectivity index (χ3n) is 2.94. The van der Waals surface area contributed by atoms with Gasteiger partial charge >= 0.3 is 0 Å². The summed E-state index contributed by atoms with van der Waals surface area (Å²) >= 11 is 6.82. The Bertz CT molecular complexity index is 599. The summed E-state index contributed by atoms with van der Waals surface area (Å²) in [6.45, 7) is 1.99. The smallest absolute Gasteiger partial charge is 0.123 e. The Labute approximate surface area is 128 Å². The predicted octanol–water partition coefficient (Wildman–Crippen LogP) is 4.94. The molecule has 0 saturated heterocycles. The van der Waals surface area contributed by atoms with Gasteiger partial charge in [-0.25, -0.2) is 4.39 Å². The first kappa shape index (κ1) is 14.7. The molecule has 0 spiro atoms. The van der Waals surface area contributed by atoms with Crippen molar-refractivity contribution in [3.63, 3.8) is 0 Å². The highest BCUT2D eigenvalue weighted by Gasteiger charge is 2.14. The van der Waals surface area contributed by atoms with E-state index in [0.29, 0.717) is 6.42 Å². The molecule has 1 atom stereocenters. The topological polar surface area (TPSA) is 20.2 Å². The zero-order valence-electron chi connectivity index (χ0n) is 10.3. The fraction of sp³-hybridized carbons (Fsp3) is 0.200. The van der Waals surface area contributed by atoms with Gasteiger partial charge in [-0.3, -0.25) is 0 Å². The zero-order valence-corrected chi connectivity index (χ0v) is 13.5. The van der Waals surface area contributed by atoms with Crippen molar-refractivity contribution in [1.29, 1.82) is 0 Å². The number of hydrogen-bond acceptors (Lipinski definition) is 1. The standard InChI is InChI=1S/C15H13Br2FO/c1-9-2-4-12(14(17)6-9)15(19)8-10-7-11(18)3-5-13(10)16/h2-7,15,19H,8H2,1H3. The third kappa shape index (κ3) is 3.65. The second-order valence-electron chi connectivity index (χ2n) is 4.48. The van der Waals surface area contributed by atoms with Crippen LogP contribution in [0.4, 0.5) is 4.39 Å². The summed E-state index contributed by atoms with van der Waals surface area (Å²) in [5, 5.41) is 10.3. The van der Waals surface area contributed by atoms with E-state index in [1.54, 1.807) is 6.07 Å². The molecule has 1 N–H and O–H groups in total. The number of benzene rings is 2. The average molecular weight is 388 g/mol. The number of rotatable bonds is 3. The monoisotopic (exact) mass is 386 g/mol. The van der Waals surface area contributed by atoms with Gasteiger partial charge in [-0.05, 0) is 47.9 Å². The van der Waals surface area contributed by atoms with Crippen molar-refractivity contribution in [3.05, 3.63) is 67.9 Å². The molecule has 0 saturated carbocycles. The Balaban J connectivity index is 2.25. The van der Waals surface area contributed by atoms with Gasteiger partial charge in [0, 0.05) is 15.4 Å². The third-order valence-corrected chi connectivity index (χ3v) is 4.40. The van der Waals surface area contributed by atoms with Crippen LogP contribution in [-0.2, 0) is 6.42 Å². The van der Waals surface area contributed by atoms with Crippen LogP contribution in [0.3, 0.4) is 0 Å². The molecule has 0 fully saturated rings. The SMILES string of the molecule is Cc1ccc(C(O)Cc2cc(F)ccc2Br)c(Br)c1. The highest BCUT2D eigenvalue weighted by Crippen LogP contribution is 2.29. The van der Waals surface area contributed by atoms with Crippen LogP contribution >= 0.6 is 31.9 Å². The minimum absolute atomic E-state index is 0.298. The first-order valence-corrected chi connectivity index (χ1v) is 7.44. The lowest BCUT2D eigenvalue weighted by Crippen LogP contribution is -2.04. The molecular formula is C15H13Br2FO. The van der Waals surface area contributed by atoms with Gasteiger partial charge in [-0.1, -0.05) is 44.0 Å². The molecule has 0 amide bonds. The summed E-state index contributed by atoms with van der Waals surface area (Å²) in [7, 11) is 0. The van der Waals surface area contributed by atoms with Crippen LogP contribution in [0.5, 0.6) is 0 Å². The summed E-state index contributed by atoms with van der Waals surface area (Å²) in [5.74, 6) is -0.298. The van der Waals surface area contributed by atoms with E-state index in [2.05, 4.69) is 31.9 Å². The average Bonchev–Trinajstić information content (AvgIpc) is 2.33. The molecule has 100 valence electrons. The van der Waals surface area contributed by atoms with Gasteiger partial charge in [-0.15, -0.1) is 0 Å². The van der Waals surface area contributed by atoms with Gasteiger partial charge in [0.2, 0.25) is 0 Å². The number of halogens is 3. The van der Waals surface area contributed by atoms with E-state index >= 15 is 0 Å². The predicted molar refractivity (Wildman–Crippen MR) is 81.6 cm³/mol. The van der Waals surface area contributed by atoms with Crippen LogP contribution in [0.2, 0.25) is 0 Å². The Morgan fingerprint density at radius 3 is 2.53 bits per heavy atom. The van der Waals surface area contributed by atoms with Crippen molar-refractivity contribution in [1.82, 2.24) is 0 Å². The van der Waals surface area contributed by atoms with Gasteiger partial charge in [0.15, 0.2) is 0 Å². The lowest BCUT2D eigenvalue weighted by molar-refractivity contribution is 0.177. The Kier molecular flexibility index (Phi) is 4.76. The molecule has 2 aromatic carbocycles. The van der Waals surface area contributed by atoms with Gasteiger partial charge in [0.05, 0.1) is 6.10 Å². The second kappa shape index (κ2) is 6.16. The Hall–Kier alpha value is -0.710. The van der Waals surface area contributed by atoms with Crippen molar-refractivity contribution < 1.29 is 9.50 Å². The van der Waals surface area contributed by atoms with Gasteiger partial charge in [0.25, 0.3) is 0 Å². The molecular weight excluding hydrogens is 375 g/mol. The maximum Gasteiger partial charge on any atom is 0.123 e. The number of hydrogen-bond donors (Lipinski definition) is 1. The number of aliphatic hydroxyl groups excluding tert-OH is 1. The molecule has 19 heavy (non-hydrogen) atoms. The molecule has 0 bridgehead atoms. The minimum atomic E-state index is -0.673. The molecule has 2 aromatic rings. The van der Waals surface area contributed by atoms with Gasteiger partial charge < -0.3 is 5.11 Å². The van der Waals surface area contributed by atoms with Crippen molar-refractivity contribution in [3.8, 4) is 0 Å². The van der Waals surface area contributed by atoms with Crippen LogP contribution in [0.1, 0.15) is 22.8 Å². The second-order valence-corrected chi connectivity index (χ2v) is 6.19. The van der Waals surface area contributed by atoms with Crippen molar-refractivity contribution >= 4 is 31.9 Å². The highest BCUT2D eigenvalue weighted by atomic mass is 79.9. The van der Waals surface area contributed by atoms with Crippen molar-refractivity contribution in [2.45, 2.75) is 19.4 Å². The van der Waals surface area contributed by atoms with Gasteiger partial charge in [0.1, 0.15) is 5.82 Å². The van der Waals surface area contributed by atoms with E-state index in [4.69, 9.17) is 0 Å². The minimum Gasteiger partial charge on any atom is -0.388 e. The molecule has 0 aliphatic heterocycles. The Morgan fingerprint density at radius 2 is 1.84 bits per heavy atom. The molecule has 1 nitrogen and oxygen atoms in total. The van der Waals surface area contributed by atoms with E-state index in [9.17, 15) is 9.50 Å². The van der Waals surface area contributed by atoms with Crippen LogP contribution < -0.4 is 0 Å². The molecule has 0 aromatic heterocycles. The highest BCUT2D eigenvalue weighted by molar-refractivity contribution is 9.10. The zero-order chi connectivity index (χ0) is 14.0. The molecule has 2 rings (SSSR count). The van der Waals surface area contributed by atoms with Crippen molar-refractivity contribution in [2.75, 3.05) is 0 Å². The summed E-state index contributed by atoms with van der Waals surface area (Å²) in [4.78, 5) is 0. The molecule has 0 aliphatic carbocycles. The molecule has 0 radical (unpaired) electrons. The van der Waals surface area contributed by atoms with Crippen LogP contribution in [0.25, 0.3) is 0 Å². The fourth-order valence-corrected chi connectivity index (χ4v) is 3.09. The van der Waals surface area contributed by atoms with Crippen LogP contribution in [0, 0.1) is 12.7 Å². The number of aryl methyl sites for hydroxylation is 1. The fourth-order valence-electron chi connectivity index (χ4n) is 1.92. The Morgan fingerprint density at radius 1 is 1.11 bits per heavy atom. The van der Waals surface area contributed by atoms with E-state index in [-0.39, 0.29) is 5.82 Å².